The first-order valence-electron chi connectivity index (χ1n) is 9.01. The minimum atomic E-state index is -3.58. The van der Waals surface area contributed by atoms with Crippen LogP contribution in [0.2, 0.25) is 0 Å². The molecule has 0 bridgehead atoms. The maximum Gasteiger partial charge on any atom is 0.246 e. The highest BCUT2D eigenvalue weighted by Gasteiger charge is 2.37. The summed E-state index contributed by atoms with van der Waals surface area (Å²) >= 11 is 0. The molecule has 1 fully saturated rings. The van der Waals surface area contributed by atoms with Crippen LogP contribution in [0, 0.1) is 6.92 Å². The van der Waals surface area contributed by atoms with Gasteiger partial charge in [0, 0.05) is 19.3 Å². The molecule has 8 heteroatoms. The lowest BCUT2D eigenvalue weighted by atomic mass is 10.2. The van der Waals surface area contributed by atoms with Gasteiger partial charge in [-0.15, -0.1) is 0 Å². The van der Waals surface area contributed by atoms with Gasteiger partial charge in [-0.25, -0.2) is 8.42 Å². The summed E-state index contributed by atoms with van der Waals surface area (Å²) in [6, 6.07) is 3.75. The van der Waals surface area contributed by atoms with Crippen molar-refractivity contribution in [2.75, 3.05) is 13.1 Å². The van der Waals surface area contributed by atoms with Gasteiger partial charge in [0.2, 0.25) is 10.0 Å². The lowest BCUT2D eigenvalue weighted by Crippen LogP contribution is -2.32. The van der Waals surface area contributed by atoms with Crippen LogP contribution >= 0.6 is 0 Å². The molecule has 1 aliphatic heterocycles. The van der Waals surface area contributed by atoms with Crippen LogP contribution in [0.3, 0.4) is 0 Å². The first-order chi connectivity index (χ1) is 12.4. The predicted molar refractivity (Wildman–Crippen MR) is 98.7 cm³/mol. The van der Waals surface area contributed by atoms with E-state index in [9.17, 15) is 8.42 Å². The Morgan fingerprint density at radius 1 is 1.27 bits per heavy atom. The van der Waals surface area contributed by atoms with E-state index in [1.165, 1.54) is 4.31 Å². The van der Waals surface area contributed by atoms with Gasteiger partial charge in [-0.3, -0.25) is 9.67 Å². The summed E-state index contributed by atoms with van der Waals surface area (Å²) in [7, 11) is -1.78. The number of pyridine rings is 1. The second-order valence-corrected chi connectivity index (χ2v) is 8.45. The summed E-state index contributed by atoms with van der Waals surface area (Å²) in [5, 5.41) is 4.40. The summed E-state index contributed by atoms with van der Waals surface area (Å²) in [6.07, 6.45) is 3.39. The average molecular weight is 378 g/mol. The number of nitrogens with zero attached hydrogens (tertiary/aromatic N) is 4. The Kier molecular flexibility index (Phi) is 5.34. The van der Waals surface area contributed by atoms with Crippen molar-refractivity contribution in [1.29, 1.82) is 0 Å². The molecule has 1 aliphatic rings. The number of aryl methyl sites for hydroxylation is 3. The van der Waals surface area contributed by atoms with Crippen molar-refractivity contribution in [3.8, 4) is 5.75 Å². The monoisotopic (exact) mass is 378 g/mol. The number of hydrogen-bond donors (Lipinski definition) is 0. The molecule has 2 aromatic heterocycles. The van der Waals surface area contributed by atoms with Crippen molar-refractivity contribution in [3.05, 3.63) is 35.4 Å². The van der Waals surface area contributed by atoms with Gasteiger partial charge in [-0.05, 0) is 38.3 Å². The topological polar surface area (TPSA) is 77.3 Å². The fraction of sp³-hybridized carbons (Fsp3) is 0.556. The SMILES string of the molecule is CCc1nn(C)c(CC)c1S(=O)(=O)N1CCC(Oc2ccc(C)nc2)C1. The van der Waals surface area contributed by atoms with Gasteiger partial charge in [0.05, 0.1) is 24.1 Å². The van der Waals surface area contributed by atoms with E-state index in [0.29, 0.717) is 48.7 Å². The van der Waals surface area contributed by atoms with Gasteiger partial charge >= 0.3 is 0 Å². The number of sulfonamides is 1. The normalized spacial score (nSPS) is 18.4. The Balaban J connectivity index is 1.80. The molecule has 0 radical (unpaired) electrons. The zero-order valence-corrected chi connectivity index (χ0v) is 16.6. The molecular weight excluding hydrogens is 352 g/mol. The molecule has 7 nitrogen and oxygen atoms in total. The molecule has 0 N–H and O–H groups in total. The second-order valence-electron chi connectivity index (χ2n) is 6.58. The molecule has 0 aromatic carbocycles. The maximum absolute atomic E-state index is 13.3. The molecule has 0 spiro atoms. The van der Waals surface area contributed by atoms with E-state index in [0.717, 1.165) is 11.4 Å². The third kappa shape index (κ3) is 3.48. The van der Waals surface area contributed by atoms with Crippen molar-refractivity contribution in [2.24, 2.45) is 7.05 Å². The van der Waals surface area contributed by atoms with E-state index in [1.54, 1.807) is 17.9 Å². The second kappa shape index (κ2) is 7.36. The standard InChI is InChI=1S/C18H26N4O3S/c1-5-16-18(17(6-2)21(4)20-16)26(23,24)22-10-9-15(12-22)25-14-8-7-13(3)19-11-14/h7-8,11,15H,5-6,9-10,12H2,1-4H3. The minimum Gasteiger partial charge on any atom is -0.487 e. The Morgan fingerprint density at radius 2 is 2.04 bits per heavy atom. The van der Waals surface area contributed by atoms with E-state index in [-0.39, 0.29) is 6.10 Å². The molecule has 0 saturated carbocycles. The van der Waals surface area contributed by atoms with Gasteiger partial charge in [-0.1, -0.05) is 13.8 Å². The molecule has 0 aliphatic carbocycles. The highest BCUT2D eigenvalue weighted by molar-refractivity contribution is 7.89. The zero-order valence-electron chi connectivity index (χ0n) is 15.8. The molecule has 142 valence electrons. The third-order valence-corrected chi connectivity index (χ3v) is 6.75. The quantitative estimate of drug-likeness (QED) is 0.769. The molecule has 26 heavy (non-hydrogen) atoms. The van der Waals surface area contributed by atoms with Gasteiger partial charge in [0.15, 0.2) is 0 Å². The fourth-order valence-corrected chi connectivity index (χ4v) is 5.40. The molecule has 2 aromatic rings. The fourth-order valence-electron chi connectivity index (χ4n) is 3.38. The zero-order chi connectivity index (χ0) is 18.9. The van der Waals surface area contributed by atoms with Crippen LogP contribution in [0.4, 0.5) is 0 Å². The number of aromatic nitrogens is 3. The largest absolute Gasteiger partial charge is 0.487 e. The first kappa shape index (κ1) is 18.8. The van der Waals surface area contributed by atoms with Crippen molar-refractivity contribution < 1.29 is 13.2 Å². The van der Waals surface area contributed by atoms with Crippen molar-refractivity contribution in [2.45, 2.75) is 51.0 Å². The summed E-state index contributed by atoms with van der Waals surface area (Å²) in [6.45, 7) is 6.60. The Labute approximate surface area is 155 Å². The third-order valence-electron chi connectivity index (χ3n) is 4.75. The first-order valence-corrected chi connectivity index (χ1v) is 10.4. The summed E-state index contributed by atoms with van der Waals surface area (Å²) in [4.78, 5) is 4.59. The van der Waals surface area contributed by atoms with Crippen LogP contribution in [0.25, 0.3) is 0 Å². The summed E-state index contributed by atoms with van der Waals surface area (Å²) in [5.41, 5.74) is 2.31. The molecule has 0 amide bonds. The molecule has 1 unspecified atom stereocenters. The van der Waals surface area contributed by atoms with Crippen LogP contribution in [0.5, 0.6) is 5.75 Å². The highest BCUT2D eigenvalue weighted by Crippen LogP contribution is 2.29. The van der Waals surface area contributed by atoms with E-state index >= 15 is 0 Å². The summed E-state index contributed by atoms with van der Waals surface area (Å²) < 4.78 is 35.6. The maximum atomic E-state index is 13.3. The molecular formula is C18H26N4O3S. The van der Waals surface area contributed by atoms with E-state index in [2.05, 4.69) is 10.1 Å². The van der Waals surface area contributed by atoms with Crippen LogP contribution < -0.4 is 4.74 Å². The van der Waals surface area contributed by atoms with Crippen molar-refractivity contribution >= 4 is 10.0 Å². The van der Waals surface area contributed by atoms with Crippen LogP contribution in [0.1, 0.15) is 37.4 Å². The molecule has 1 atom stereocenters. The lowest BCUT2D eigenvalue weighted by molar-refractivity contribution is 0.214. The Hall–Kier alpha value is -1.93. The van der Waals surface area contributed by atoms with Crippen LogP contribution in [-0.4, -0.2) is 46.7 Å². The Bertz CT molecular complexity index is 875. The highest BCUT2D eigenvalue weighted by atomic mass is 32.2. The van der Waals surface area contributed by atoms with E-state index < -0.39 is 10.0 Å². The van der Waals surface area contributed by atoms with Gasteiger partial charge < -0.3 is 4.74 Å². The van der Waals surface area contributed by atoms with E-state index in [1.807, 2.05) is 32.9 Å². The molecule has 3 heterocycles. The number of hydrogen-bond acceptors (Lipinski definition) is 5. The van der Waals surface area contributed by atoms with E-state index in [4.69, 9.17) is 4.74 Å². The number of rotatable bonds is 6. The molecule has 3 rings (SSSR count). The smallest absolute Gasteiger partial charge is 0.246 e. The lowest BCUT2D eigenvalue weighted by Gasteiger charge is -2.18. The Morgan fingerprint density at radius 3 is 2.65 bits per heavy atom. The number of ether oxygens (including phenoxy) is 1. The average Bonchev–Trinajstić information content (AvgIpc) is 3.21. The molecule has 1 saturated heterocycles. The van der Waals surface area contributed by atoms with Gasteiger partial charge in [0.1, 0.15) is 16.7 Å². The summed E-state index contributed by atoms with van der Waals surface area (Å²) in [5.74, 6) is 0.671. The predicted octanol–water partition coefficient (Wildman–Crippen LogP) is 2.09. The van der Waals surface area contributed by atoms with Crippen LogP contribution in [-0.2, 0) is 29.9 Å². The van der Waals surface area contributed by atoms with Crippen LogP contribution in [0.15, 0.2) is 23.2 Å². The minimum absolute atomic E-state index is 0.166. The van der Waals surface area contributed by atoms with Crippen molar-refractivity contribution in [3.63, 3.8) is 0 Å². The van der Waals surface area contributed by atoms with Gasteiger partial charge in [-0.2, -0.15) is 9.40 Å². The van der Waals surface area contributed by atoms with Gasteiger partial charge in [0.25, 0.3) is 0 Å². The van der Waals surface area contributed by atoms with Crippen molar-refractivity contribution in [1.82, 2.24) is 19.1 Å².